The van der Waals surface area contributed by atoms with Gasteiger partial charge in [-0.2, -0.15) is 0 Å². The number of sulfonamides is 1. The van der Waals surface area contributed by atoms with Crippen molar-refractivity contribution in [3.05, 3.63) is 54.6 Å². The van der Waals surface area contributed by atoms with Gasteiger partial charge in [-0.05, 0) is 31.2 Å². The second kappa shape index (κ2) is 8.41. The summed E-state index contributed by atoms with van der Waals surface area (Å²) >= 11 is 0. The van der Waals surface area contributed by atoms with Crippen molar-refractivity contribution in [3.63, 3.8) is 0 Å². The molecule has 0 unspecified atom stereocenters. The van der Waals surface area contributed by atoms with Gasteiger partial charge in [0.2, 0.25) is 10.0 Å². The quantitative estimate of drug-likeness (QED) is 0.621. The smallest absolute Gasteiger partial charge is 0.244 e. The number of nitrogens with zero attached hydrogens (tertiary/aromatic N) is 3. The highest BCUT2D eigenvalue weighted by molar-refractivity contribution is 7.89. The van der Waals surface area contributed by atoms with Crippen molar-refractivity contribution in [1.29, 1.82) is 0 Å². The lowest BCUT2D eigenvalue weighted by Gasteiger charge is -2.14. The maximum absolute atomic E-state index is 12.8. The van der Waals surface area contributed by atoms with Crippen molar-refractivity contribution >= 4 is 10.0 Å². The summed E-state index contributed by atoms with van der Waals surface area (Å²) in [4.78, 5) is 8.48. The van der Waals surface area contributed by atoms with Crippen LogP contribution in [0.3, 0.4) is 0 Å². The third kappa shape index (κ3) is 4.15. The molecule has 0 bridgehead atoms. The Morgan fingerprint density at radius 2 is 1.86 bits per heavy atom. The van der Waals surface area contributed by atoms with Gasteiger partial charge in [0.1, 0.15) is 22.2 Å². The van der Waals surface area contributed by atoms with Crippen LogP contribution in [-0.4, -0.2) is 43.7 Å². The SMILES string of the molecule is COc1ccc(OC)c(S(=O)(=O)NCCn2c(C)cnc2-c2ccncc2)c1. The summed E-state index contributed by atoms with van der Waals surface area (Å²) in [6.07, 6.45) is 5.15. The number of ether oxygens (including phenoxy) is 2. The molecule has 0 amide bonds. The van der Waals surface area contributed by atoms with Gasteiger partial charge in [-0.3, -0.25) is 4.98 Å². The normalized spacial score (nSPS) is 11.4. The van der Waals surface area contributed by atoms with E-state index in [0.29, 0.717) is 12.3 Å². The van der Waals surface area contributed by atoms with Crippen LogP contribution in [0.2, 0.25) is 0 Å². The van der Waals surface area contributed by atoms with Crippen LogP contribution in [-0.2, 0) is 16.6 Å². The molecule has 0 aliphatic heterocycles. The number of aryl methyl sites for hydroxylation is 1. The Hall–Kier alpha value is -2.91. The molecule has 148 valence electrons. The van der Waals surface area contributed by atoms with E-state index in [0.717, 1.165) is 17.1 Å². The van der Waals surface area contributed by atoms with Crippen molar-refractivity contribution in [2.24, 2.45) is 0 Å². The van der Waals surface area contributed by atoms with Crippen LogP contribution in [0.25, 0.3) is 11.4 Å². The Morgan fingerprint density at radius 1 is 1.11 bits per heavy atom. The predicted octanol–water partition coefficient (Wildman–Crippen LogP) is 2.25. The summed E-state index contributed by atoms with van der Waals surface area (Å²) in [7, 11) is -0.870. The van der Waals surface area contributed by atoms with E-state index in [9.17, 15) is 8.42 Å². The van der Waals surface area contributed by atoms with E-state index in [2.05, 4.69) is 14.7 Å². The summed E-state index contributed by atoms with van der Waals surface area (Å²) in [5.74, 6) is 1.45. The number of hydrogen-bond acceptors (Lipinski definition) is 6. The summed E-state index contributed by atoms with van der Waals surface area (Å²) in [6, 6.07) is 8.38. The molecule has 0 atom stereocenters. The molecule has 2 heterocycles. The molecular weight excluding hydrogens is 380 g/mol. The Labute approximate surface area is 164 Å². The Morgan fingerprint density at radius 3 is 2.54 bits per heavy atom. The first-order valence-corrected chi connectivity index (χ1v) is 10.1. The molecule has 8 nitrogen and oxygen atoms in total. The Balaban J connectivity index is 1.78. The minimum absolute atomic E-state index is 0.0334. The zero-order valence-corrected chi connectivity index (χ0v) is 16.7. The number of imidazole rings is 1. The van der Waals surface area contributed by atoms with Gasteiger partial charge in [-0.15, -0.1) is 0 Å². The summed E-state index contributed by atoms with van der Waals surface area (Å²) in [5, 5.41) is 0. The fourth-order valence-corrected chi connectivity index (χ4v) is 4.04. The molecule has 0 aliphatic carbocycles. The van der Waals surface area contributed by atoms with Gasteiger partial charge in [0, 0.05) is 49.0 Å². The minimum atomic E-state index is -3.78. The monoisotopic (exact) mass is 402 g/mol. The zero-order chi connectivity index (χ0) is 20.1. The largest absolute Gasteiger partial charge is 0.497 e. The molecule has 2 aromatic heterocycles. The first-order chi connectivity index (χ1) is 13.5. The average molecular weight is 402 g/mol. The van der Waals surface area contributed by atoms with Gasteiger partial charge in [-0.25, -0.2) is 18.1 Å². The molecule has 3 rings (SSSR count). The lowest BCUT2D eigenvalue weighted by Crippen LogP contribution is -2.28. The van der Waals surface area contributed by atoms with E-state index in [-0.39, 0.29) is 17.2 Å². The van der Waals surface area contributed by atoms with Crippen LogP contribution in [0.4, 0.5) is 0 Å². The average Bonchev–Trinajstić information content (AvgIpc) is 3.08. The van der Waals surface area contributed by atoms with Crippen LogP contribution in [0.1, 0.15) is 5.69 Å². The first-order valence-electron chi connectivity index (χ1n) is 8.60. The summed E-state index contributed by atoms with van der Waals surface area (Å²) in [5.41, 5.74) is 1.85. The molecule has 28 heavy (non-hydrogen) atoms. The van der Waals surface area contributed by atoms with Crippen LogP contribution in [0, 0.1) is 6.92 Å². The van der Waals surface area contributed by atoms with Crippen molar-refractivity contribution in [2.75, 3.05) is 20.8 Å². The molecule has 0 aliphatic rings. The van der Waals surface area contributed by atoms with Crippen molar-refractivity contribution in [2.45, 2.75) is 18.4 Å². The maximum Gasteiger partial charge on any atom is 0.244 e. The fraction of sp³-hybridized carbons (Fsp3) is 0.263. The van der Waals surface area contributed by atoms with Gasteiger partial charge in [0.05, 0.1) is 14.2 Å². The topological polar surface area (TPSA) is 95.3 Å². The van der Waals surface area contributed by atoms with E-state index in [1.54, 1.807) is 30.7 Å². The lowest BCUT2D eigenvalue weighted by atomic mass is 10.2. The minimum Gasteiger partial charge on any atom is -0.497 e. The molecular formula is C19H22N4O4S. The third-order valence-electron chi connectivity index (χ3n) is 4.28. The number of hydrogen-bond donors (Lipinski definition) is 1. The standard InChI is InChI=1S/C19H22N4O4S/c1-14-13-21-19(15-6-8-20-9-7-15)23(14)11-10-22-28(24,25)18-12-16(26-2)4-5-17(18)27-3/h4-9,12-13,22H,10-11H2,1-3H3. The molecule has 0 saturated heterocycles. The van der Waals surface area contributed by atoms with E-state index in [1.165, 1.54) is 20.3 Å². The molecule has 0 radical (unpaired) electrons. The van der Waals surface area contributed by atoms with Crippen molar-refractivity contribution in [1.82, 2.24) is 19.3 Å². The van der Waals surface area contributed by atoms with E-state index < -0.39 is 10.0 Å². The summed E-state index contributed by atoms with van der Waals surface area (Å²) < 4.78 is 40.4. The van der Waals surface area contributed by atoms with Crippen LogP contribution in [0.15, 0.2) is 53.8 Å². The number of aromatic nitrogens is 3. The second-order valence-corrected chi connectivity index (χ2v) is 7.76. The van der Waals surface area contributed by atoms with Gasteiger partial charge in [0.25, 0.3) is 0 Å². The Bertz CT molecular complexity index is 1050. The lowest BCUT2D eigenvalue weighted by molar-refractivity contribution is 0.392. The van der Waals surface area contributed by atoms with E-state index >= 15 is 0 Å². The molecule has 9 heteroatoms. The highest BCUT2D eigenvalue weighted by atomic mass is 32.2. The summed E-state index contributed by atoms with van der Waals surface area (Å²) in [6.45, 7) is 2.55. The van der Waals surface area contributed by atoms with Crippen LogP contribution in [0.5, 0.6) is 11.5 Å². The second-order valence-electron chi connectivity index (χ2n) is 6.03. The highest BCUT2D eigenvalue weighted by Crippen LogP contribution is 2.28. The first kappa shape index (κ1) is 19.8. The van der Waals surface area contributed by atoms with Crippen LogP contribution >= 0.6 is 0 Å². The number of pyridine rings is 1. The van der Waals surface area contributed by atoms with Gasteiger partial charge >= 0.3 is 0 Å². The Kier molecular flexibility index (Phi) is 5.96. The molecule has 3 aromatic rings. The highest BCUT2D eigenvalue weighted by Gasteiger charge is 2.20. The van der Waals surface area contributed by atoms with E-state index in [4.69, 9.17) is 9.47 Å². The van der Waals surface area contributed by atoms with Crippen molar-refractivity contribution < 1.29 is 17.9 Å². The van der Waals surface area contributed by atoms with Gasteiger partial charge in [0.15, 0.2) is 0 Å². The number of benzene rings is 1. The van der Waals surface area contributed by atoms with E-state index in [1.807, 2.05) is 23.6 Å². The third-order valence-corrected chi connectivity index (χ3v) is 5.76. The maximum atomic E-state index is 12.8. The zero-order valence-electron chi connectivity index (χ0n) is 15.9. The number of rotatable bonds is 8. The van der Waals surface area contributed by atoms with Crippen molar-refractivity contribution in [3.8, 4) is 22.9 Å². The fourth-order valence-electron chi connectivity index (χ4n) is 2.84. The molecule has 0 fully saturated rings. The molecule has 1 N–H and O–H groups in total. The predicted molar refractivity (Wildman–Crippen MR) is 105 cm³/mol. The number of nitrogens with one attached hydrogen (secondary N) is 1. The molecule has 0 spiro atoms. The van der Waals surface area contributed by atoms with Crippen LogP contribution < -0.4 is 14.2 Å². The number of methoxy groups -OCH3 is 2. The van der Waals surface area contributed by atoms with Gasteiger partial charge in [-0.1, -0.05) is 0 Å². The molecule has 1 aromatic carbocycles. The van der Waals surface area contributed by atoms with Gasteiger partial charge < -0.3 is 14.0 Å². The molecule has 0 saturated carbocycles.